The van der Waals surface area contributed by atoms with Crippen molar-refractivity contribution in [2.45, 2.75) is 38.2 Å². The van der Waals surface area contributed by atoms with E-state index < -0.39 is 0 Å². The summed E-state index contributed by atoms with van der Waals surface area (Å²) in [5.74, 6) is 2.01. The highest BCUT2D eigenvalue weighted by Crippen LogP contribution is 2.40. The van der Waals surface area contributed by atoms with Gasteiger partial charge in [-0.15, -0.1) is 0 Å². The summed E-state index contributed by atoms with van der Waals surface area (Å²) in [6.45, 7) is 3.91. The molecule has 2 heterocycles. The predicted molar refractivity (Wildman–Crippen MR) is 63.9 cm³/mol. The molecule has 2 unspecified atom stereocenters. The molecule has 5 heteroatoms. The SMILES string of the molecule is CC1CN(c2nc(C3CC3)ns2)CCC1O. The fourth-order valence-corrected chi connectivity index (χ4v) is 2.95. The summed E-state index contributed by atoms with van der Waals surface area (Å²) in [5.41, 5.74) is 0. The van der Waals surface area contributed by atoms with Crippen molar-refractivity contribution in [3.63, 3.8) is 0 Å². The van der Waals surface area contributed by atoms with E-state index in [-0.39, 0.29) is 6.10 Å². The first kappa shape index (κ1) is 10.5. The number of anilines is 1. The number of aliphatic hydroxyl groups is 1. The first-order chi connectivity index (χ1) is 7.74. The molecule has 1 aromatic rings. The fourth-order valence-electron chi connectivity index (χ4n) is 2.17. The predicted octanol–water partition coefficient (Wildman–Crippen LogP) is 1.62. The number of aliphatic hydroxyl groups excluding tert-OH is 1. The lowest BCUT2D eigenvalue weighted by Crippen LogP contribution is -2.41. The average Bonchev–Trinajstić information content (AvgIpc) is 3.01. The highest BCUT2D eigenvalue weighted by Gasteiger charge is 2.30. The number of aromatic nitrogens is 2. The van der Waals surface area contributed by atoms with Crippen LogP contribution in [0.2, 0.25) is 0 Å². The Labute approximate surface area is 99.5 Å². The second-order valence-electron chi connectivity index (χ2n) is 4.99. The van der Waals surface area contributed by atoms with E-state index >= 15 is 0 Å². The van der Waals surface area contributed by atoms with Crippen molar-refractivity contribution in [2.75, 3.05) is 18.0 Å². The summed E-state index contributed by atoms with van der Waals surface area (Å²) in [5, 5.41) is 10.7. The van der Waals surface area contributed by atoms with Gasteiger partial charge in [-0.2, -0.15) is 4.37 Å². The van der Waals surface area contributed by atoms with Crippen molar-refractivity contribution in [1.29, 1.82) is 0 Å². The van der Waals surface area contributed by atoms with Gasteiger partial charge in [-0.25, -0.2) is 4.98 Å². The van der Waals surface area contributed by atoms with Crippen LogP contribution in [0.15, 0.2) is 0 Å². The van der Waals surface area contributed by atoms with Crippen molar-refractivity contribution >= 4 is 16.7 Å². The Bertz CT molecular complexity index is 377. The maximum atomic E-state index is 9.69. The highest BCUT2D eigenvalue weighted by atomic mass is 32.1. The van der Waals surface area contributed by atoms with Crippen LogP contribution in [0.5, 0.6) is 0 Å². The number of piperidine rings is 1. The van der Waals surface area contributed by atoms with Gasteiger partial charge < -0.3 is 10.0 Å². The number of hydrogen-bond donors (Lipinski definition) is 1. The summed E-state index contributed by atoms with van der Waals surface area (Å²) in [6, 6.07) is 0. The van der Waals surface area contributed by atoms with E-state index in [9.17, 15) is 5.11 Å². The van der Waals surface area contributed by atoms with Crippen LogP contribution >= 0.6 is 11.5 Å². The van der Waals surface area contributed by atoms with E-state index in [0.717, 1.165) is 30.5 Å². The molecule has 2 fully saturated rings. The van der Waals surface area contributed by atoms with Gasteiger partial charge >= 0.3 is 0 Å². The van der Waals surface area contributed by atoms with Gasteiger partial charge in [-0.3, -0.25) is 0 Å². The molecule has 0 aromatic carbocycles. The zero-order valence-corrected chi connectivity index (χ0v) is 10.3. The number of hydrogen-bond acceptors (Lipinski definition) is 5. The second-order valence-corrected chi connectivity index (χ2v) is 5.72. The van der Waals surface area contributed by atoms with Crippen LogP contribution in [-0.4, -0.2) is 33.7 Å². The average molecular weight is 239 g/mol. The third kappa shape index (κ3) is 1.94. The Hall–Kier alpha value is -0.680. The van der Waals surface area contributed by atoms with Crippen LogP contribution in [0, 0.1) is 5.92 Å². The van der Waals surface area contributed by atoms with Gasteiger partial charge in [0.25, 0.3) is 0 Å². The summed E-state index contributed by atoms with van der Waals surface area (Å²) < 4.78 is 4.42. The molecule has 2 aliphatic rings. The highest BCUT2D eigenvalue weighted by molar-refractivity contribution is 7.09. The van der Waals surface area contributed by atoms with Gasteiger partial charge in [0.15, 0.2) is 0 Å². The Morgan fingerprint density at radius 3 is 2.88 bits per heavy atom. The Morgan fingerprint density at radius 1 is 1.38 bits per heavy atom. The van der Waals surface area contributed by atoms with Crippen molar-refractivity contribution in [3.05, 3.63) is 5.82 Å². The van der Waals surface area contributed by atoms with Gasteiger partial charge in [-0.1, -0.05) is 6.92 Å². The molecule has 3 rings (SSSR count). The van der Waals surface area contributed by atoms with Gasteiger partial charge in [0.1, 0.15) is 5.82 Å². The third-order valence-corrected chi connectivity index (χ3v) is 4.30. The molecule has 0 radical (unpaired) electrons. The van der Waals surface area contributed by atoms with Crippen LogP contribution in [-0.2, 0) is 0 Å². The molecular formula is C11H17N3OS. The molecule has 1 saturated heterocycles. The first-order valence-electron chi connectivity index (χ1n) is 6.00. The van der Waals surface area contributed by atoms with Crippen LogP contribution in [0.4, 0.5) is 5.13 Å². The summed E-state index contributed by atoms with van der Waals surface area (Å²) in [7, 11) is 0. The largest absolute Gasteiger partial charge is 0.393 e. The van der Waals surface area contributed by atoms with E-state index in [2.05, 4.69) is 21.2 Å². The fraction of sp³-hybridized carbons (Fsp3) is 0.818. The summed E-state index contributed by atoms with van der Waals surface area (Å²) in [4.78, 5) is 6.87. The molecule has 0 bridgehead atoms. The smallest absolute Gasteiger partial charge is 0.205 e. The zero-order chi connectivity index (χ0) is 11.1. The number of rotatable bonds is 2. The summed E-state index contributed by atoms with van der Waals surface area (Å²) >= 11 is 1.51. The molecule has 1 aliphatic heterocycles. The van der Waals surface area contributed by atoms with E-state index in [4.69, 9.17) is 0 Å². The normalized spacial score (nSPS) is 30.8. The molecular weight excluding hydrogens is 222 g/mol. The van der Waals surface area contributed by atoms with E-state index in [1.807, 2.05) is 0 Å². The molecule has 1 N–H and O–H groups in total. The zero-order valence-electron chi connectivity index (χ0n) is 9.46. The van der Waals surface area contributed by atoms with Crippen LogP contribution in [0.1, 0.15) is 37.9 Å². The first-order valence-corrected chi connectivity index (χ1v) is 6.78. The van der Waals surface area contributed by atoms with Crippen molar-refractivity contribution in [1.82, 2.24) is 9.36 Å². The third-order valence-electron chi connectivity index (χ3n) is 3.50. The molecule has 4 nitrogen and oxygen atoms in total. The van der Waals surface area contributed by atoms with Gasteiger partial charge in [-0.05, 0) is 25.2 Å². The lowest BCUT2D eigenvalue weighted by atomic mass is 9.97. The monoisotopic (exact) mass is 239 g/mol. The van der Waals surface area contributed by atoms with Crippen molar-refractivity contribution in [3.8, 4) is 0 Å². The maximum absolute atomic E-state index is 9.69. The van der Waals surface area contributed by atoms with E-state index in [1.54, 1.807) is 0 Å². The Morgan fingerprint density at radius 2 is 2.19 bits per heavy atom. The minimum absolute atomic E-state index is 0.146. The molecule has 0 amide bonds. The Balaban J connectivity index is 1.71. The molecule has 1 aliphatic carbocycles. The van der Waals surface area contributed by atoms with Crippen LogP contribution in [0.25, 0.3) is 0 Å². The molecule has 2 atom stereocenters. The van der Waals surface area contributed by atoms with Gasteiger partial charge in [0, 0.05) is 30.5 Å². The quantitative estimate of drug-likeness (QED) is 0.852. The van der Waals surface area contributed by atoms with Crippen molar-refractivity contribution < 1.29 is 5.11 Å². The minimum Gasteiger partial charge on any atom is -0.393 e. The molecule has 88 valence electrons. The lowest BCUT2D eigenvalue weighted by molar-refractivity contribution is 0.0971. The molecule has 0 spiro atoms. The second kappa shape index (κ2) is 3.96. The number of nitrogens with zero attached hydrogens (tertiary/aromatic N) is 3. The molecule has 1 saturated carbocycles. The standard InChI is InChI=1S/C11H17N3OS/c1-7-6-14(5-4-9(7)15)11-12-10(13-16-11)8-2-3-8/h7-9,15H,2-6H2,1H3. The maximum Gasteiger partial charge on any atom is 0.205 e. The van der Waals surface area contributed by atoms with E-state index in [0.29, 0.717) is 11.8 Å². The van der Waals surface area contributed by atoms with Crippen LogP contribution < -0.4 is 4.90 Å². The summed E-state index contributed by atoms with van der Waals surface area (Å²) in [6.07, 6.45) is 3.21. The lowest BCUT2D eigenvalue weighted by Gasteiger charge is -2.33. The van der Waals surface area contributed by atoms with Crippen molar-refractivity contribution in [2.24, 2.45) is 5.92 Å². The molecule has 16 heavy (non-hydrogen) atoms. The van der Waals surface area contributed by atoms with Gasteiger partial charge in [0.2, 0.25) is 5.13 Å². The van der Waals surface area contributed by atoms with Crippen LogP contribution in [0.3, 0.4) is 0 Å². The molecule has 1 aromatic heterocycles. The topological polar surface area (TPSA) is 49.2 Å². The van der Waals surface area contributed by atoms with Gasteiger partial charge in [0.05, 0.1) is 6.10 Å². The Kier molecular flexibility index (Phi) is 2.59. The van der Waals surface area contributed by atoms with E-state index in [1.165, 1.54) is 24.4 Å². The minimum atomic E-state index is -0.146.